The normalized spacial score (nSPS) is 16.7. The Morgan fingerprint density at radius 2 is 1.52 bits per heavy atom. The van der Waals surface area contributed by atoms with E-state index in [2.05, 4.69) is 4.90 Å². The summed E-state index contributed by atoms with van der Waals surface area (Å²) in [5.74, 6) is 0. The lowest BCUT2D eigenvalue weighted by Crippen LogP contribution is -3.00. The Hall–Kier alpha value is -1.61. The molecular weight excluding hydrogens is 401 g/mol. The van der Waals surface area contributed by atoms with Crippen LogP contribution in [0.1, 0.15) is 11.1 Å². The Bertz CT molecular complexity index is 852. The van der Waals surface area contributed by atoms with Crippen LogP contribution in [-0.4, -0.2) is 43.8 Å². The van der Waals surface area contributed by atoms with Crippen LogP contribution in [0, 0.1) is 0 Å². The topological polar surface area (TPSA) is 40.6 Å². The number of halogens is 4. The Balaban J connectivity index is 0.00000261. The van der Waals surface area contributed by atoms with Crippen molar-refractivity contribution >= 4 is 10.0 Å². The fraction of sp³-hybridized carbons (Fsp3) is 0.333. The van der Waals surface area contributed by atoms with Crippen molar-refractivity contribution in [2.75, 3.05) is 26.2 Å². The molecule has 1 fully saturated rings. The molecule has 0 saturated carbocycles. The zero-order valence-electron chi connectivity index (χ0n) is 14.4. The molecule has 1 saturated heterocycles. The van der Waals surface area contributed by atoms with Crippen LogP contribution in [0.4, 0.5) is 13.2 Å². The van der Waals surface area contributed by atoms with Gasteiger partial charge in [0.05, 0.1) is 10.5 Å². The van der Waals surface area contributed by atoms with Crippen molar-refractivity contribution in [3.63, 3.8) is 0 Å². The minimum absolute atomic E-state index is 0. The third-order valence-corrected chi connectivity index (χ3v) is 6.27. The van der Waals surface area contributed by atoms with Gasteiger partial charge in [0.1, 0.15) is 0 Å². The second-order valence-electron chi connectivity index (χ2n) is 6.19. The Labute approximate surface area is 163 Å². The molecule has 2 aromatic rings. The van der Waals surface area contributed by atoms with E-state index in [0.717, 1.165) is 24.2 Å². The van der Waals surface area contributed by atoms with Crippen molar-refractivity contribution in [2.24, 2.45) is 0 Å². The third-order valence-electron chi connectivity index (χ3n) is 4.38. The molecule has 0 atom stereocenters. The molecule has 0 unspecified atom stereocenters. The van der Waals surface area contributed by atoms with E-state index >= 15 is 0 Å². The summed E-state index contributed by atoms with van der Waals surface area (Å²) in [7, 11) is -3.93. The summed E-state index contributed by atoms with van der Waals surface area (Å²) in [5, 5.41) is 0. The van der Waals surface area contributed by atoms with Gasteiger partial charge < -0.3 is 12.4 Å². The summed E-state index contributed by atoms with van der Waals surface area (Å²) < 4.78 is 65.1. The number of rotatable bonds is 4. The smallest absolute Gasteiger partial charge is 0.416 e. The van der Waals surface area contributed by atoms with Crippen LogP contribution in [-0.2, 0) is 22.7 Å². The van der Waals surface area contributed by atoms with Gasteiger partial charge in [-0.1, -0.05) is 36.4 Å². The molecule has 0 bridgehead atoms. The molecule has 3 rings (SSSR count). The lowest BCUT2D eigenvalue weighted by atomic mass is 10.2. The molecule has 0 radical (unpaired) electrons. The summed E-state index contributed by atoms with van der Waals surface area (Å²) in [6, 6.07) is 13.7. The monoisotopic (exact) mass is 419 g/mol. The average molecular weight is 420 g/mol. The van der Waals surface area contributed by atoms with Gasteiger partial charge in [-0.05, 0) is 23.8 Å². The van der Waals surface area contributed by atoms with Gasteiger partial charge in [0.15, 0.2) is 0 Å². The zero-order chi connectivity index (χ0) is 18.8. The maximum absolute atomic E-state index is 12.8. The maximum Gasteiger partial charge on any atom is 0.416 e. The van der Waals surface area contributed by atoms with E-state index in [9.17, 15) is 21.6 Å². The van der Waals surface area contributed by atoms with Crippen molar-refractivity contribution in [3.05, 3.63) is 65.7 Å². The fourth-order valence-corrected chi connectivity index (χ4v) is 4.42. The number of benzene rings is 2. The van der Waals surface area contributed by atoms with E-state index in [1.165, 1.54) is 10.4 Å². The van der Waals surface area contributed by atoms with Crippen molar-refractivity contribution in [3.8, 4) is 0 Å². The quantitative estimate of drug-likeness (QED) is 0.711. The Morgan fingerprint density at radius 1 is 0.889 bits per heavy atom. The standard InChI is InChI=1S/C18H19F3N2O2S.ClH/c19-18(20,21)16-7-4-8-17(13-16)26(24,25)23-11-9-22(10-12-23)14-15-5-2-1-3-6-15;/h1-8,13H,9-12,14H2;1H/p-1. The van der Waals surface area contributed by atoms with Crippen LogP contribution < -0.4 is 12.4 Å². The predicted molar refractivity (Wildman–Crippen MR) is 91.9 cm³/mol. The van der Waals surface area contributed by atoms with E-state index in [0.29, 0.717) is 19.2 Å². The van der Waals surface area contributed by atoms with Gasteiger partial charge in [-0.3, -0.25) is 4.90 Å². The van der Waals surface area contributed by atoms with Crippen LogP contribution in [0.15, 0.2) is 59.5 Å². The molecular formula is C18H19ClF3N2O2S-. The van der Waals surface area contributed by atoms with E-state index < -0.39 is 21.8 Å². The molecule has 0 N–H and O–H groups in total. The van der Waals surface area contributed by atoms with E-state index in [-0.39, 0.29) is 30.4 Å². The largest absolute Gasteiger partial charge is 1.00 e. The fourth-order valence-electron chi connectivity index (χ4n) is 2.95. The first kappa shape index (κ1) is 21.7. The molecule has 0 amide bonds. The molecule has 0 aliphatic carbocycles. The lowest BCUT2D eigenvalue weighted by molar-refractivity contribution is -0.137. The SMILES string of the molecule is O=S(=O)(c1cccc(C(F)(F)F)c1)N1CCN(Cc2ccccc2)CC1.[Cl-]. The van der Waals surface area contributed by atoms with Crippen molar-refractivity contribution in [1.29, 1.82) is 0 Å². The first-order chi connectivity index (χ1) is 12.3. The van der Waals surface area contributed by atoms with Gasteiger partial charge in [0, 0.05) is 32.7 Å². The van der Waals surface area contributed by atoms with Gasteiger partial charge in [0.2, 0.25) is 10.0 Å². The molecule has 0 aromatic heterocycles. The highest BCUT2D eigenvalue weighted by atomic mass is 35.5. The second kappa shape index (κ2) is 8.60. The molecule has 2 aromatic carbocycles. The Morgan fingerprint density at radius 3 is 2.11 bits per heavy atom. The van der Waals surface area contributed by atoms with Gasteiger partial charge in [0.25, 0.3) is 0 Å². The van der Waals surface area contributed by atoms with Crippen molar-refractivity contribution in [2.45, 2.75) is 17.6 Å². The minimum atomic E-state index is -4.57. The highest BCUT2D eigenvalue weighted by Crippen LogP contribution is 2.31. The van der Waals surface area contributed by atoms with Crippen molar-refractivity contribution in [1.82, 2.24) is 9.21 Å². The minimum Gasteiger partial charge on any atom is -1.00 e. The first-order valence-electron chi connectivity index (χ1n) is 8.20. The van der Waals surface area contributed by atoms with Crippen molar-refractivity contribution < 1.29 is 34.0 Å². The van der Waals surface area contributed by atoms with Crippen LogP contribution in [0.2, 0.25) is 0 Å². The number of alkyl halides is 3. The highest BCUT2D eigenvalue weighted by molar-refractivity contribution is 7.89. The number of nitrogens with zero attached hydrogens (tertiary/aromatic N) is 2. The summed E-state index contributed by atoms with van der Waals surface area (Å²) in [6.45, 7) is 2.30. The molecule has 4 nitrogen and oxygen atoms in total. The van der Waals surface area contributed by atoms with Crippen LogP contribution >= 0.6 is 0 Å². The van der Waals surface area contributed by atoms with Gasteiger partial charge in [-0.25, -0.2) is 8.42 Å². The third kappa shape index (κ3) is 5.22. The molecule has 1 heterocycles. The van der Waals surface area contributed by atoms with Gasteiger partial charge in [-0.15, -0.1) is 0 Å². The average Bonchev–Trinajstić information content (AvgIpc) is 2.62. The molecule has 0 spiro atoms. The van der Waals surface area contributed by atoms with E-state index in [4.69, 9.17) is 0 Å². The lowest BCUT2D eigenvalue weighted by Gasteiger charge is -2.34. The number of hydrogen-bond donors (Lipinski definition) is 0. The summed E-state index contributed by atoms with van der Waals surface area (Å²) >= 11 is 0. The van der Waals surface area contributed by atoms with Gasteiger partial charge in [-0.2, -0.15) is 17.5 Å². The molecule has 148 valence electrons. The van der Waals surface area contributed by atoms with E-state index in [1.807, 2.05) is 30.3 Å². The van der Waals surface area contributed by atoms with E-state index in [1.54, 1.807) is 0 Å². The first-order valence-corrected chi connectivity index (χ1v) is 9.64. The highest BCUT2D eigenvalue weighted by Gasteiger charge is 2.33. The Kier molecular flexibility index (Phi) is 6.91. The van der Waals surface area contributed by atoms with Crippen LogP contribution in [0.25, 0.3) is 0 Å². The zero-order valence-corrected chi connectivity index (χ0v) is 15.9. The number of hydrogen-bond acceptors (Lipinski definition) is 3. The second-order valence-corrected chi connectivity index (χ2v) is 8.13. The summed E-state index contributed by atoms with van der Waals surface area (Å²) in [4.78, 5) is 1.82. The number of piperazine rings is 1. The molecule has 1 aliphatic heterocycles. The van der Waals surface area contributed by atoms with Crippen LogP contribution in [0.3, 0.4) is 0 Å². The number of sulfonamides is 1. The maximum atomic E-state index is 12.8. The summed E-state index contributed by atoms with van der Waals surface area (Å²) in [6.07, 6.45) is -4.57. The van der Waals surface area contributed by atoms with Gasteiger partial charge >= 0.3 is 6.18 Å². The molecule has 27 heavy (non-hydrogen) atoms. The van der Waals surface area contributed by atoms with Crippen LogP contribution in [0.5, 0.6) is 0 Å². The summed E-state index contributed by atoms with van der Waals surface area (Å²) in [5.41, 5.74) is 0.183. The predicted octanol–water partition coefficient (Wildman–Crippen LogP) is 0.216. The molecule has 1 aliphatic rings. The molecule has 9 heteroatoms.